The number of rotatable bonds is 2. The van der Waals surface area contributed by atoms with Gasteiger partial charge in [0.15, 0.2) is 0 Å². The van der Waals surface area contributed by atoms with Gasteiger partial charge in [-0.25, -0.2) is 9.78 Å². The van der Waals surface area contributed by atoms with Crippen LogP contribution in [0, 0.1) is 5.41 Å². The Morgan fingerprint density at radius 3 is 1.86 bits per heavy atom. The third kappa shape index (κ3) is 5.64. The van der Waals surface area contributed by atoms with Gasteiger partial charge in [-0.15, -0.1) is 0 Å². The van der Waals surface area contributed by atoms with Crippen LogP contribution in [0.3, 0.4) is 0 Å². The largest absolute Gasteiger partial charge is 0.490 e. The molecule has 2 aliphatic rings. The number of aliphatic carboxylic acids is 1. The lowest BCUT2D eigenvalue weighted by Crippen LogP contribution is -2.62. The molecule has 29 heavy (non-hydrogen) atoms. The average molecular weight is 440 g/mol. The summed E-state index contributed by atoms with van der Waals surface area (Å²) in [7, 11) is 0. The van der Waals surface area contributed by atoms with E-state index >= 15 is 0 Å². The third-order valence-corrected chi connectivity index (χ3v) is 4.34. The number of nitrogens with zero attached hydrogens (tertiary/aromatic N) is 1. The van der Waals surface area contributed by atoms with Crippen molar-refractivity contribution in [2.24, 2.45) is 5.41 Å². The summed E-state index contributed by atoms with van der Waals surface area (Å²) < 4.78 is 113. The van der Waals surface area contributed by atoms with E-state index in [4.69, 9.17) is 14.6 Å². The molecule has 0 atom stereocenters. The predicted molar refractivity (Wildman–Crippen MR) is 76.9 cm³/mol. The summed E-state index contributed by atoms with van der Waals surface area (Å²) in [5, 5.41) is 10.2. The van der Waals surface area contributed by atoms with Crippen LogP contribution in [0.25, 0.3) is 0 Å². The summed E-state index contributed by atoms with van der Waals surface area (Å²) in [4.78, 5) is 12.3. The van der Waals surface area contributed by atoms with E-state index in [1.165, 1.54) is 0 Å². The zero-order chi connectivity index (χ0) is 22.3. The fourth-order valence-electron chi connectivity index (χ4n) is 2.89. The number of carboxylic acids is 1. The highest BCUT2D eigenvalue weighted by atomic mass is 19.4. The highest BCUT2D eigenvalue weighted by Gasteiger charge is 2.50. The first-order valence-electron chi connectivity index (χ1n) is 7.85. The van der Waals surface area contributed by atoms with E-state index in [1.54, 1.807) is 0 Å². The molecule has 3 rings (SSSR count). The predicted octanol–water partition coefficient (Wildman–Crippen LogP) is 3.88. The molecule has 2 N–H and O–H groups in total. The SMILES string of the molecule is FC(F)(F)c1cnc(OC2CC3(CNC3)C2)cc1C(F)(F)F.O=C(O)C(F)(F)F. The van der Waals surface area contributed by atoms with Gasteiger partial charge in [-0.1, -0.05) is 0 Å². The maximum absolute atomic E-state index is 12.8. The number of nitrogens with one attached hydrogen (secondary N) is 1. The minimum absolute atomic E-state index is 0.142. The minimum atomic E-state index is -5.12. The monoisotopic (exact) mass is 440 g/mol. The molecule has 0 amide bonds. The first-order valence-corrected chi connectivity index (χ1v) is 7.85. The first-order chi connectivity index (χ1) is 13.0. The molecule has 1 aliphatic heterocycles. The van der Waals surface area contributed by atoms with Gasteiger partial charge in [0.1, 0.15) is 6.10 Å². The van der Waals surface area contributed by atoms with Crippen molar-refractivity contribution in [3.63, 3.8) is 0 Å². The van der Waals surface area contributed by atoms with E-state index in [9.17, 15) is 39.5 Å². The molecule has 0 bridgehead atoms. The number of hydrogen-bond acceptors (Lipinski definition) is 4. The highest BCUT2D eigenvalue weighted by molar-refractivity contribution is 5.73. The summed E-state index contributed by atoms with van der Waals surface area (Å²) in [6.45, 7) is 1.67. The number of carbonyl (C=O) groups is 1. The Labute approximate surface area is 156 Å². The molecule has 0 unspecified atom stereocenters. The molecule has 164 valence electrons. The van der Waals surface area contributed by atoms with Gasteiger partial charge >= 0.3 is 24.5 Å². The van der Waals surface area contributed by atoms with Crippen LogP contribution in [-0.4, -0.2) is 41.4 Å². The Morgan fingerprint density at radius 2 is 1.52 bits per heavy atom. The number of aromatic nitrogens is 1. The van der Waals surface area contributed by atoms with Crippen LogP contribution in [0.1, 0.15) is 24.0 Å². The third-order valence-electron chi connectivity index (χ3n) is 4.34. The van der Waals surface area contributed by atoms with Crippen LogP contribution >= 0.6 is 0 Å². The van der Waals surface area contributed by atoms with Gasteiger partial charge in [-0.2, -0.15) is 39.5 Å². The van der Waals surface area contributed by atoms with E-state index in [0.717, 1.165) is 13.1 Å². The molecule has 0 aromatic carbocycles. The second-order valence-corrected chi connectivity index (χ2v) is 6.62. The quantitative estimate of drug-likeness (QED) is 0.684. The first kappa shape index (κ1) is 23.0. The van der Waals surface area contributed by atoms with Gasteiger partial charge in [0.2, 0.25) is 5.88 Å². The maximum atomic E-state index is 12.8. The van der Waals surface area contributed by atoms with Gasteiger partial charge in [0.05, 0.1) is 11.1 Å². The van der Waals surface area contributed by atoms with Gasteiger partial charge in [0, 0.05) is 30.8 Å². The van der Waals surface area contributed by atoms with Crippen molar-refractivity contribution in [2.45, 2.75) is 37.5 Å². The highest BCUT2D eigenvalue weighted by Crippen LogP contribution is 2.46. The Kier molecular flexibility index (Phi) is 5.99. The molecule has 2 fully saturated rings. The molecule has 14 heteroatoms. The molecule has 1 aliphatic carbocycles. The smallest absolute Gasteiger partial charge is 0.475 e. The van der Waals surface area contributed by atoms with Crippen molar-refractivity contribution in [2.75, 3.05) is 13.1 Å². The van der Waals surface area contributed by atoms with E-state index in [1.807, 2.05) is 0 Å². The van der Waals surface area contributed by atoms with Gasteiger partial charge in [0.25, 0.3) is 0 Å². The normalized spacial score (nSPS) is 18.9. The lowest BCUT2D eigenvalue weighted by molar-refractivity contribution is -0.192. The van der Waals surface area contributed by atoms with Crippen molar-refractivity contribution in [1.29, 1.82) is 0 Å². The van der Waals surface area contributed by atoms with Crippen molar-refractivity contribution < 1.29 is 54.2 Å². The molecular formula is C15H13F9N2O3. The number of hydrogen-bond donors (Lipinski definition) is 2. The average Bonchev–Trinajstić information content (AvgIpc) is 2.46. The summed E-state index contributed by atoms with van der Waals surface area (Å²) in [5.41, 5.74) is -3.44. The number of alkyl halides is 9. The van der Waals surface area contributed by atoms with E-state index < -0.39 is 41.5 Å². The fourth-order valence-corrected chi connectivity index (χ4v) is 2.89. The van der Waals surface area contributed by atoms with Gasteiger partial charge in [-0.05, 0) is 12.8 Å². The van der Waals surface area contributed by atoms with E-state index in [-0.39, 0.29) is 17.7 Å². The van der Waals surface area contributed by atoms with Crippen molar-refractivity contribution >= 4 is 5.97 Å². The summed E-state index contributed by atoms with van der Waals surface area (Å²) in [5.74, 6) is -3.18. The molecule has 1 spiro atoms. The summed E-state index contributed by atoms with van der Waals surface area (Å²) >= 11 is 0. The standard InChI is InChI=1S/C13H12F6N2O.C2HF3O2/c14-12(15,16)8-1-10(21-4-9(8)13(17,18)19)22-7-2-11(3-7)5-20-6-11;3-2(4,5)1(6)7/h1,4,7,20H,2-3,5-6H2;(H,6,7). The molecule has 1 aromatic heterocycles. The van der Waals surface area contributed by atoms with Crippen LogP contribution < -0.4 is 10.1 Å². The van der Waals surface area contributed by atoms with Gasteiger partial charge < -0.3 is 15.2 Å². The molecule has 1 saturated carbocycles. The topological polar surface area (TPSA) is 71.5 Å². The molecular weight excluding hydrogens is 427 g/mol. The second-order valence-electron chi connectivity index (χ2n) is 6.62. The lowest BCUT2D eigenvalue weighted by Gasteiger charge is -2.53. The number of ether oxygens (including phenoxy) is 1. The molecule has 1 saturated heterocycles. The zero-order valence-electron chi connectivity index (χ0n) is 14.2. The molecule has 2 heterocycles. The number of halogens is 9. The number of pyridine rings is 1. The van der Waals surface area contributed by atoms with Crippen molar-refractivity contribution in [1.82, 2.24) is 10.3 Å². The van der Waals surface area contributed by atoms with Crippen LogP contribution in [0.15, 0.2) is 12.3 Å². The Bertz CT molecular complexity index is 747. The number of carboxylic acid groups (broad SMARTS) is 1. The molecule has 1 aromatic rings. The minimum Gasteiger partial charge on any atom is -0.475 e. The van der Waals surface area contributed by atoms with Gasteiger partial charge in [-0.3, -0.25) is 0 Å². The lowest BCUT2D eigenvalue weighted by atomic mass is 9.63. The maximum Gasteiger partial charge on any atom is 0.490 e. The van der Waals surface area contributed by atoms with Crippen LogP contribution in [0.2, 0.25) is 0 Å². The van der Waals surface area contributed by atoms with E-state index in [2.05, 4.69) is 10.3 Å². The van der Waals surface area contributed by atoms with Crippen LogP contribution in [-0.2, 0) is 17.1 Å². The Hall–Kier alpha value is -2.25. The van der Waals surface area contributed by atoms with Crippen LogP contribution in [0.5, 0.6) is 5.88 Å². The zero-order valence-corrected chi connectivity index (χ0v) is 14.2. The van der Waals surface area contributed by atoms with Crippen molar-refractivity contribution in [3.05, 3.63) is 23.4 Å². The Morgan fingerprint density at radius 1 is 1.03 bits per heavy atom. The summed E-state index contributed by atoms with van der Waals surface area (Å²) in [6, 6.07) is 0.326. The summed E-state index contributed by atoms with van der Waals surface area (Å²) in [6.07, 6.45) is -14.1. The second kappa shape index (κ2) is 7.54. The van der Waals surface area contributed by atoms with Crippen molar-refractivity contribution in [3.8, 4) is 5.88 Å². The van der Waals surface area contributed by atoms with E-state index in [0.29, 0.717) is 18.9 Å². The Balaban J connectivity index is 0.000000370. The fraction of sp³-hybridized carbons (Fsp3) is 0.600. The molecule has 5 nitrogen and oxygen atoms in total. The molecule has 0 radical (unpaired) electrons. The van der Waals surface area contributed by atoms with Crippen LogP contribution in [0.4, 0.5) is 39.5 Å².